The molecule has 1 aliphatic rings. The van der Waals surface area contributed by atoms with Crippen molar-refractivity contribution in [3.05, 3.63) is 97.0 Å². The molecule has 1 unspecified atom stereocenters. The highest BCUT2D eigenvalue weighted by Gasteiger charge is 2.26. The lowest BCUT2D eigenvalue weighted by Crippen LogP contribution is -2.48. The first-order chi connectivity index (χ1) is 18.3. The number of primary amides is 1. The lowest BCUT2D eigenvalue weighted by atomic mass is 9.99. The normalized spacial score (nSPS) is 15.8. The van der Waals surface area contributed by atoms with Gasteiger partial charge in [0.05, 0.1) is 27.8 Å². The number of hydrogen-bond acceptors (Lipinski definition) is 5. The molecule has 1 aliphatic heterocycles. The van der Waals surface area contributed by atoms with E-state index >= 15 is 0 Å². The van der Waals surface area contributed by atoms with Gasteiger partial charge >= 0.3 is 0 Å². The Hall–Kier alpha value is -4.62. The number of pyridine rings is 1. The number of carbonyl (C=O) groups is 1. The Morgan fingerprint density at radius 3 is 2.66 bits per heavy atom. The quantitative estimate of drug-likeness (QED) is 0.273. The van der Waals surface area contributed by atoms with Gasteiger partial charge < -0.3 is 26.0 Å². The number of allylic oxidation sites excluding steroid dienone is 2. The zero-order valence-corrected chi connectivity index (χ0v) is 21.3. The van der Waals surface area contributed by atoms with E-state index in [1.807, 2.05) is 48.8 Å². The van der Waals surface area contributed by atoms with Crippen LogP contribution in [0.4, 0.5) is 0 Å². The van der Waals surface area contributed by atoms with Crippen molar-refractivity contribution in [2.45, 2.75) is 25.5 Å². The predicted molar refractivity (Wildman–Crippen MR) is 153 cm³/mol. The van der Waals surface area contributed by atoms with Crippen LogP contribution in [0.3, 0.4) is 0 Å². The highest BCUT2D eigenvalue weighted by Crippen LogP contribution is 2.39. The average molecular weight is 504 g/mol. The molecule has 0 fully saturated rings. The number of nitrogens with two attached hydrogens (primary N) is 1. The predicted octanol–water partition coefficient (Wildman–Crippen LogP) is 4.51. The minimum Gasteiger partial charge on any atom is -0.389 e. The fraction of sp³-hybridized carbons (Fsp3) is 0.161. The SMILES string of the molecule is CC(C)(O)CNC1=CC(n2c3ccccc3c3c(-c4cnc5ccccc5c4)cccc32)=CNC1C(N)=O. The summed E-state index contributed by atoms with van der Waals surface area (Å²) in [6.45, 7) is 3.69. The minimum absolute atomic E-state index is 0.268. The molecular weight excluding hydrogens is 474 g/mol. The molecule has 3 aromatic carbocycles. The molecule has 0 bridgehead atoms. The van der Waals surface area contributed by atoms with Crippen molar-refractivity contribution in [2.75, 3.05) is 6.54 Å². The largest absolute Gasteiger partial charge is 0.389 e. The lowest BCUT2D eigenvalue weighted by molar-refractivity contribution is -0.119. The Kier molecular flexibility index (Phi) is 5.65. The number of aliphatic hydroxyl groups is 1. The Labute approximate surface area is 220 Å². The van der Waals surface area contributed by atoms with Gasteiger partial charge in [0.15, 0.2) is 0 Å². The van der Waals surface area contributed by atoms with E-state index in [-0.39, 0.29) is 6.54 Å². The molecular formula is C31H29N5O2. The molecule has 190 valence electrons. The summed E-state index contributed by atoms with van der Waals surface area (Å²) in [5.74, 6) is -0.497. The van der Waals surface area contributed by atoms with E-state index in [2.05, 4.69) is 57.7 Å². The first kappa shape index (κ1) is 23.8. The second-order valence-electron chi connectivity index (χ2n) is 10.3. The standard InChI is InChI=1S/C31H29N5O2/c1-31(2,38)18-35-25-15-21(17-34-29(25)30(32)37)36-26-12-6-4-9-23(26)28-22(10-7-13-27(28)36)20-14-19-8-3-5-11-24(19)33-16-20/h3-17,29,34-35,38H,18H2,1-2H3,(H2,32,37). The Morgan fingerprint density at radius 2 is 1.84 bits per heavy atom. The maximum absolute atomic E-state index is 12.2. The third kappa shape index (κ3) is 4.17. The number of carbonyl (C=O) groups excluding carboxylic acids is 1. The van der Waals surface area contributed by atoms with Crippen molar-refractivity contribution in [2.24, 2.45) is 5.73 Å². The summed E-state index contributed by atoms with van der Waals surface area (Å²) in [7, 11) is 0. The summed E-state index contributed by atoms with van der Waals surface area (Å²) in [5.41, 5.74) is 11.3. The smallest absolute Gasteiger partial charge is 0.246 e. The van der Waals surface area contributed by atoms with E-state index in [0.29, 0.717) is 5.70 Å². The molecule has 7 heteroatoms. The molecule has 5 aromatic rings. The number of hydrogen-bond donors (Lipinski definition) is 4. The van der Waals surface area contributed by atoms with Crippen LogP contribution in [0.25, 0.3) is 49.5 Å². The molecule has 6 rings (SSSR count). The summed E-state index contributed by atoms with van der Waals surface area (Å²) < 4.78 is 2.18. The number of para-hydroxylation sites is 2. The first-order valence-corrected chi connectivity index (χ1v) is 12.6. The van der Waals surface area contributed by atoms with Gasteiger partial charge in [0.1, 0.15) is 6.04 Å². The average Bonchev–Trinajstić information content (AvgIpc) is 3.25. The Morgan fingerprint density at radius 1 is 1.08 bits per heavy atom. The molecule has 0 aliphatic carbocycles. The van der Waals surface area contributed by atoms with Gasteiger partial charge in [0.25, 0.3) is 0 Å². The molecule has 0 radical (unpaired) electrons. The lowest BCUT2D eigenvalue weighted by Gasteiger charge is -2.28. The third-order valence-electron chi connectivity index (χ3n) is 6.88. The van der Waals surface area contributed by atoms with E-state index in [0.717, 1.165) is 49.5 Å². The van der Waals surface area contributed by atoms with Crippen LogP contribution in [-0.4, -0.2) is 38.8 Å². The number of fused-ring (bicyclic) bond motifs is 4. The molecule has 7 nitrogen and oxygen atoms in total. The number of benzene rings is 3. The number of dihydropyridines is 1. The molecule has 0 saturated heterocycles. The highest BCUT2D eigenvalue weighted by molar-refractivity contribution is 6.16. The van der Waals surface area contributed by atoms with Gasteiger partial charge in [-0.1, -0.05) is 48.5 Å². The van der Waals surface area contributed by atoms with Crippen molar-refractivity contribution in [3.63, 3.8) is 0 Å². The van der Waals surface area contributed by atoms with Crippen molar-refractivity contribution in [3.8, 4) is 11.1 Å². The fourth-order valence-electron chi connectivity index (χ4n) is 5.14. The van der Waals surface area contributed by atoms with Crippen molar-refractivity contribution in [1.29, 1.82) is 0 Å². The minimum atomic E-state index is -0.958. The van der Waals surface area contributed by atoms with Gasteiger partial charge in [-0.15, -0.1) is 0 Å². The molecule has 38 heavy (non-hydrogen) atoms. The number of aromatic nitrogens is 2. The van der Waals surface area contributed by atoms with Crippen molar-refractivity contribution >= 4 is 44.3 Å². The number of nitrogens with one attached hydrogen (secondary N) is 2. The molecule has 5 N–H and O–H groups in total. The van der Waals surface area contributed by atoms with Gasteiger partial charge in [-0.2, -0.15) is 0 Å². The van der Waals surface area contributed by atoms with E-state index in [9.17, 15) is 9.90 Å². The van der Waals surface area contributed by atoms with Crippen LogP contribution >= 0.6 is 0 Å². The summed E-state index contributed by atoms with van der Waals surface area (Å²) in [4.78, 5) is 16.9. The zero-order chi connectivity index (χ0) is 26.4. The maximum atomic E-state index is 12.2. The Bertz CT molecular complexity index is 1770. The van der Waals surface area contributed by atoms with Crippen LogP contribution in [0.15, 0.2) is 97.0 Å². The molecule has 2 aromatic heterocycles. The molecule has 3 heterocycles. The van der Waals surface area contributed by atoms with Gasteiger partial charge in [-0.3, -0.25) is 9.78 Å². The van der Waals surface area contributed by atoms with Gasteiger partial charge in [-0.05, 0) is 49.8 Å². The van der Waals surface area contributed by atoms with E-state index < -0.39 is 17.6 Å². The van der Waals surface area contributed by atoms with Crippen LogP contribution in [0.5, 0.6) is 0 Å². The third-order valence-corrected chi connectivity index (χ3v) is 6.88. The van der Waals surface area contributed by atoms with Crippen LogP contribution < -0.4 is 16.4 Å². The van der Waals surface area contributed by atoms with Gasteiger partial charge in [-0.25, -0.2) is 0 Å². The van der Waals surface area contributed by atoms with E-state index in [1.54, 1.807) is 13.8 Å². The van der Waals surface area contributed by atoms with Crippen LogP contribution in [-0.2, 0) is 4.79 Å². The highest BCUT2D eigenvalue weighted by atomic mass is 16.3. The summed E-state index contributed by atoms with van der Waals surface area (Å²) in [6, 6.07) is 24.2. The Balaban J connectivity index is 1.55. The number of rotatable bonds is 6. The topological polar surface area (TPSA) is 105 Å². The maximum Gasteiger partial charge on any atom is 0.246 e. The second-order valence-corrected chi connectivity index (χ2v) is 10.3. The van der Waals surface area contributed by atoms with Gasteiger partial charge in [0, 0.05) is 46.4 Å². The van der Waals surface area contributed by atoms with Crippen molar-refractivity contribution in [1.82, 2.24) is 20.2 Å². The van der Waals surface area contributed by atoms with Gasteiger partial charge in [0.2, 0.25) is 5.91 Å². The summed E-state index contributed by atoms with van der Waals surface area (Å²) >= 11 is 0. The van der Waals surface area contributed by atoms with E-state index in [1.165, 1.54) is 0 Å². The van der Waals surface area contributed by atoms with Crippen LogP contribution in [0.2, 0.25) is 0 Å². The number of amides is 1. The van der Waals surface area contributed by atoms with Crippen LogP contribution in [0.1, 0.15) is 13.8 Å². The molecule has 1 atom stereocenters. The molecule has 0 spiro atoms. The second kappa shape index (κ2) is 9.04. The number of nitrogens with zero attached hydrogens (tertiary/aromatic N) is 2. The first-order valence-electron chi connectivity index (χ1n) is 12.6. The summed E-state index contributed by atoms with van der Waals surface area (Å²) in [5, 5.41) is 20.0. The molecule has 0 saturated carbocycles. The van der Waals surface area contributed by atoms with Crippen LogP contribution in [0, 0.1) is 0 Å². The zero-order valence-electron chi connectivity index (χ0n) is 21.3. The van der Waals surface area contributed by atoms with Crippen molar-refractivity contribution < 1.29 is 9.90 Å². The summed E-state index contributed by atoms with van der Waals surface area (Å²) in [6.07, 6.45) is 5.68. The fourth-order valence-corrected chi connectivity index (χ4v) is 5.14. The monoisotopic (exact) mass is 503 g/mol. The van der Waals surface area contributed by atoms with E-state index in [4.69, 9.17) is 10.7 Å². The molecule has 1 amide bonds.